The standard InChI is InChI=1S/C15H17ClN2O3/c1-17(2)15-6-4-3-5-11(15)7-10-8-12(16)9-13(18(19)20)14(10)21-15/h7-9H,3-6H2,1-2H3. The van der Waals surface area contributed by atoms with Crippen LogP contribution in [0, 0.1) is 10.1 Å². The third-order valence-electron chi connectivity index (χ3n) is 4.30. The van der Waals surface area contributed by atoms with Gasteiger partial charge in [0.25, 0.3) is 0 Å². The van der Waals surface area contributed by atoms with Crippen LogP contribution in [0.4, 0.5) is 5.69 Å². The van der Waals surface area contributed by atoms with Gasteiger partial charge in [-0.3, -0.25) is 15.0 Å². The van der Waals surface area contributed by atoms with Crippen molar-refractivity contribution in [2.24, 2.45) is 0 Å². The molecule has 0 bridgehead atoms. The first-order valence-corrected chi connectivity index (χ1v) is 7.37. The third kappa shape index (κ3) is 2.21. The van der Waals surface area contributed by atoms with Crippen LogP contribution in [0.25, 0.3) is 6.08 Å². The molecule has 21 heavy (non-hydrogen) atoms. The molecule has 5 nitrogen and oxygen atoms in total. The zero-order valence-electron chi connectivity index (χ0n) is 12.1. The van der Waals surface area contributed by atoms with Crippen LogP contribution in [0.2, 0.25) is 5.02 Å². The average molecular weight is 309 g/mol. The number of ether oxygens (including phenoxy) is 1. The van der Waals surface area contributed by atoms with Crippen molar-refractivity contribution >= 4 is 23.4 Å². The van der Waals surface area contributed by atoms with Crippen LogP contribution in [0.5, 0.6) is 5.75 Å². The van der Waals surface area contributed by atoms with E-state index in [1.54, 1.807) is 6.07 Å². The van der Waals surface area contributed by atoms with Crippen LogP contribution >= 0.6 is 11.6 Å². The summed E-state index contributed by atoms with van der Waals surface area (Å²) in [6.45, 7) is 0. The molecule has 0 aromatic heterocycles. The number of nitro groups is 1. The lowest BCUT2D eigenvalue weighted by Crippen LogP contribution is -2.53. The second-order valence-corrected chi connectivity index (χ2v) is 6.19. The van der Waals surface area contributed by atoms with Gasteiger partial charge in [-0.2, -0.15) is 0 Å². The monoisotopic (exact) mass is 308 g/mol. The third-order valence-corrected chi connectivity index (χ3v) is 4.51. The molecule has 0 amide bonds. The molecule has 3 rings (SSSR count). The van der Waals surface area contributed by atoms with E-state index in [9.17, 15) is 10.1 Å². The van der Waals surface area contributed by atoms with Crippen LogP contribution in [0.15, 0.2) is 17.7 Å². The molecule has 1 aromatic carbocycles. The molecule has 1 fully saturated rings. The fourth-order valence-corrected chi connectivity index (χ4v) is 3.47. The van der Waals surface area contributed by atoms with E-state index >= 15 is 0 Å². The van der Waals surface area contributed by atoms with E-state index in [1.165, 1.54) is 11.6 Å². The highest BCUT2D eigenvalue weighted by Gasteiger charge is 2.45. The number of fused-ring (bicyclic) bond motifs is 2. The van der Waals surface area contributed by atoms with Gasteiger partial charge in [-0.15, -0.1) is 0 Å². The Balaban J connectivity index is 2.20. The van der Waals surface area contributed by atoms with Gasteiger partial charge in [0.05, 0.1) is 4.92 Å². The molecule has 1 aliphatic carbocycles. The molecule has 6 heteroatoms. The SMILES string of the molecule is CN(C)C12CCCCC1=Cc1cc(Cl)cc([N+](=O)[O-])c1O2. The van der Waals surface area contributed by atoms with Crippen molar-refractivity contribution in [1.82, 2.24) is 4.90 Å². The van der Waals surface area contributed by atoms with E-state index in [1.807, 2.05) is 25.1 Å². The highest BCUT2D eigenvalue weighted by molar-refractivity contribution is 6.31. The summed E-state index contributed by atoms with van der Waals surface area (Å²) >= 11 is 6.00. The van der Waals surface area contributed by atoms with E-state index in [0.29, 0.717) is 16.3 Å². The lowest BCUT2D eigenvalue weighted by atomic mass is 9.82. The number of rotatable bonds is 2. The van der Waals surface area contributed by atoms with Gasteiger partial charge in [-0.1, -0.05) is 11.6 Å². The number of nitro benzene ring substituents is 1. The van der Waals surface area contributed by atoms with Gasteiger partial charge in [-0.25, -0.2) is 0 Å². The van der Waals surface area contributed by atoms with Crippen LogP contribution in [0.3, 0.4) is 0 Å². The number of halogens is 1. The summed E-state index contributed by atoms with van der Waals surface area (Å²) in [7, 11) is 3.90. The molecule has 1 atom stereocenters. The Kier molecular flexibility index (Phi) is 3.42. The molecule has 1 unspecified atom stereocenters. The summed E-state index contributed by atoms with van der Waals surface area (Å²) in [6.07, 6.45) is 5.95. The Labute approximate surface area is 128 Å². The number of benzene rings is 1. The van der Waals surface area contributed by atoms with Crippen molar-refractivity contribution in [3.8, 4) is 5.75 Å². The highest BCUT2D eigenvalue weighted by atomic mass is 35.5. The molecule has 0 radical (unpaired) electrons. The lowest BCUT2D eigenvalue weighted by Gasteiger charge is -2.46. The van der Waals surface area contributed by atoms with Gasteiger partial charge in [0.15, 0.2) is 5.72 Å². The van der Waals surface area contributed by atoms with Gasteiger partial charge in [0.1, 0.15) is 0 Å². The summed E-state index contributed by atoms with van der Waals surface area (Å²) in [5.74, 6) is 0.323. The Morgan fingerprint density at radius 3 is 2.81 bits per heavy atom. The molecular formula is C15H17ClN2O3. The largest absolute Gasteiger partial charge is 0.461 e. The van der Waals surface area contributed by atoms with Gasteiger partial charge in [0.2, 0.25) is 5.75 Å². The Morgan fingerprint density at radius 1 is 1.38 bits per heavy atom. The minimum Gasteiger partial charge on any atom is -0.461 e. The quantitative estimate of drug-likeness (QED) is 0.615. The predicted octanol–water partition coefficient (Wildman–Crippen LogP) is 3.86. The lowest BCUT2D eigenvalue weighted by molar-refractivity contribution is -0.386. The van der Waals surface area contributed by atoms with Gasteiger partial charge in [-0.05, 0) is 51.1 Å². The molecule has 2 aliphatic rings. The van der Waals surface area contributed by atoms with Gasteiger partial charge in [0, 0.05) is 23.1 Å². The molecule has 1 aromatic rings. The summed E-state index contributed by atoms with van der Waals surface area (Å²) < 4.78 is 6.19. The van der Waals surface area contributed by atoms with Gasteiger partial charge < -0.3 is 4.74 Å². The van der Waals surface area contributed by atoms with Crippen molar-refractivity contribution < 1.29 is 9.66 Å². The molecule has 0 spiro atoms. The minimum absolute atomic E-state index is 0.0698. The normalized spacial score (nSPS) is 23.9. The van der Waals surface area contributed by atoms with Crippen molar-refractivity contribution in [2.45, 2.75) is 31.4 Å². The maximum atomic E-state index is 11.3. The maximum absolute atomic E-state index is 11.3. The van der Waals surface area contributed by atoms with E-state index in [2.05, 4.69) is 0 Å². The molecule has 0 saturated heterocycles. The second-order valence-electron chi connectivity index (χ2n) is 5.76. The molecular weight excluding hydrogens is 292 g/mol. The fourth-order valence-electron chi connectivity index (χ4n) is 3.25. The van der Waals surface area contributed by atoms with Crippen LogP contribution in [0.1, 0.15) is 31.2 Å². The highest BCUT2D eigenvalue weighted by Crippen LogP contribution is 2.48. The van der Waals surface area contributed by atoms with Crippen molar-refractivity contribution in [1.29, 1.82) is 0 Å². The second kappa shape index (κ2) is 5.00. The van der Waals surface area contributed by atoms with Crippen molar-refractivity contribution in [3.63, 3.8) is 0 Å². The minimum atomic E-state index is -0.566. The van der Waals surface area contributed by atoms with E-state index in [0.717, 1.165) is 25.7 Å². The zero-order chi connectivity index (χ0) is 15.2. The number of nitrogens with zero attached hydrogens (tertiary/aromatic N) is 2. The Morgan fingerprint density at radius 2 is 2.14 bits per heavy atom. The summed E-state index contributed by atoms with van der Waals surface area (Å²) in [6, 6.07) is 3.08. The molecule has 1 saturated carbocycles. The number of hydrogen-bond donors (Lipinski definition) is 0. The van der Waals surface area contributed by atoms with Crippen LogP contribution < -0.4 is 4.74 Å². The molecule has 112 valence electrons. The van der Waals surface area contributed by atoms with Gasteiger partial charge >= 0.3 is 5.69 Å². The first kappa shape index (κ1) is 14.4. The van der Waals surface area contributed by atoms with E-state index < -0.39 is 10.6 Å². The maximum Gasteiger partial charge on any atom is 0.313 e. The average Bonchev–Trinajstić information content (AvgIpc) is 2.43. The Hall–Kier alpha value is -1.59. The first-order chi connectivity index (χ1) is 9.94. The number of hydrogen-bond acceptors (Lipinski definition) is 4. The van der Waals surface area contributed by atoms with Crippen LogP contribution in [-0.2, 0) is 0 Å². The zero-order valence-corrected chi connectivity index (χ0v) is 12.8. The van der Waals surface area contributed by atoms with E-state index in [4.69, 9.17) is 16.3 Å². The number of likely N-dealkylation sites (N-methyl/N-ethyl adjacent to an activating group) is 1. The summed E-state index contributed by atoms with van der Waals surface area (Å²) in [4.78, 5) is 12.9. The first-order valence-electron chi connectivity index (χ1n) is 6.99. The predicted molar refractivity (Wildman–Crippen MR) is 81.6 cm³/mol. The molecule has 1 aliphatic heterocycles. The summed E-state index contributed by atoms with van der Waals surface area (Å²) in [5, 5.41) is 11.6. The van der Waals surface area contributed by atoms with Crippen molar-refractivity contribution in [2.75, 3.05) is 14.1 Å². The molecule has 1 heterocycles. The molecule has 0 N–H and O–H groups in total. The Bertz CT molecular complexity index is 642. The fraction of sp³-hybridized carbons (Fsp3) is 0.467. The topological polar surface area (TPSA) is 55.6 Å². The van der Waals surface area contributed by atoms with Crippen molar-refractivity contribution in [3.05, 3.63) is 38.4 Å². The van der Waals surface area contributed by atoms with E-state index in [-0.39, 0.29) is 5.69 Å². The summed E-state index contributed by atoms with van der Waals surface area (Å²) in [5.41, 5.74) is 1.23. The smallest absolute Gasteiger partial charge is 0.313 e. The van der Waals surface area contributed by atoms with Crippen LogP contribution in [-0.4, -0.2) is 29.6 Å².